The highest BCUT2D eigenvalue weighted by atomic mass is 16.5. The van der Waals surface area contributed by atoms with Gasteiger partial charge in [0.25, 0.3) is 0 Å². The average molecular weight is 304 g/mol. The number of hydrogen-bond acceptors (Lipinski definition) is 3. The number of carbonyl (C=O) groups excluding carboxylic acids is 1. The molecular weight excluding hydrogens is 276 g/mol. The van der Waals surface area contributed by atoms with Gasteiger partial charge in [0.05, 0.1) is 6.61 Å². The predicted molar refractivity (Wildman–Crippen MR) is 89.5 cm³/mol. The molecule has 0 spiro atoms. The van der Waals surface area contributed by atoms with Crippen LogP contribution in [0.1, 0.15) is 36.5 Å². The smallest absolute Gasteiger partial charge is 0.222 e. The van der Waals surface area contributed by atoms with Crippen LogP contribution in [0.3, 0.4) is 0 Å². The third-order valence-corrected chi connectivity index (χ3v) is 4.46. The van der Waals surface area contributed by atoms with Crippen molar-refractivity contribution < 1.29 is 9.53 Å². The van der Waals surface area contributed by atoms with Crippen LogP contribution in [-0.2, 0) is 11.2 Å². The minimum atomic E-state index is 0.293. The van der Waals surface area contributed by atoms with Crippen LogP contribution >= 0.6 is 0 Å². The van der Waals surface area contributed by atoms with E-state index >= 15 is 0 Å². The summed E-state index contributed by atoms with van der Waals surface area (Å²) in [4.78, 5) is 14.1. The summed E-state index contributed by atoms with van der Waals surface area (Å²) in [7, 11) is 0. The van der Waals surface area contributed by atoms with Crippen molar-refractivity contribution in [1.82, 2.24) is 10.2 Å². The van der Waals surface area contributed by atoms with Gasteiger partial charge in [-0.2, -0.15) is 0 Å². The fraction of sp³-hybridized carbons (Fsp3) is 0.611. The normalized spacial score (nSPS) is 15.0. The van der Waals surface area contributed by atoms with E-state index < -0.39 is 0 Å². The van der Waals surface area contributed by atoms with E-state index in [0.717, 1.165) is 44.8 Å². The fourth-order valence-corrected chi connectivity index (χ4v) is 2.94. The molecule has 0 radical (unpaired) electrons. The quantitative estimate of drug-likeness (QED) is 0.878. The summed E-state index contributed by atoms with van der Waals surface area (Å²) >= 11 is 0. The molecule has 1 aromatic carbocycles. The SMILES string of the molecule is CCOc1ccc(CCCC(=O)N2CCNCC2)c(C)c1C. The van der Waals surface area contributed by atoms with Crippen molar-refractivity contribution >= 4 is 5.91 Å². The van der Waals surface area contributed by atoms with Gasteiger partial charge in [-0.3, -0.25) is 4.79 Å². The van der Waals surface area contributed by atoms with Gasteiger partial charge in [-0.05, 0) is 56.4 Å². The molecule has 2 rings (SSSR count). The van der Waals surface area contributed by atoms with E-state index in [4.69, 9.17) is 4.74 Å². The Bertz CT molecular complexity index is 508. The molecule has 1 amide bonds. The van der Waals surface area contributed by atoms with Crippen LogP contribution in [0.15, 0.2) is 12.1 Å². The van der Waals surface area contributed by atoms with Crippen molar-refractivity contribution in [2.75, 3.05) is 32.8 Å². The first-order valence-electron chi connectivity index (χ1n) is 8.33. The molecule has 1 N–H and O–H groups in total. The van der Waals surface area contributed by atoms with Crippen molar-refractivity contribution in [2.24, 2.45) is 0 Å². The number of hydrogen-bond donors (Lipinski definition) is 1. The molecule has 1 heterocycles. The lowest BCUT2D eigenvalue weighted by Crippen LogP contribution is -2.46. The first-order valence-corrected chi connectivity index (χ1v) is 8.33. The molecule has 0 unspecified atom stereocenters. The van der Waals surface area contributed by atoms with Gasteiger partial charge in [0, 0.05) is 32.6 Å². The zero-order valence-corrected chi connectivity index (χ0v) is 14.1. The molecule has 4 heteroatoms. The number of benzene rings is 1. The Hall–Kier alpha value is -1.55. The van der Waals surface area contributed by atoms with Crippen molar-refractivity contribution in [2.45, 2.75) is 40.0 Å². The second kappa shape index (κ2) is 8.18. The predicted octanol–water partition coefficient (Wildman–Crippen LogP) is 2.46. The molecule has 0 aromatic heterocycles. The van der Waals surface area contributed by atoms with Crippen molar-refractivity contribution in [3.05, 3.63) is 28.8 Å². The number of nitrogens with zero attached hydrogens (tertiary/aromatic N) is 1. The van der Waals surface area contributed by atoms with Gasteiger partial charge in [-0.1, -0.05) is 6.07 Å². The lowest BCUT2D eigenvalue weighted by molar-refractivity contribution is -0.131. The number of ether oxygens (including phenoxy) is 1. The Kier molecular flexibility index (Phi) is 6.25. The molecule has 0 saturated carbocycles. The van der Waals surface area contributed by atoms with E-state index in [0.29, 0.717) is 18.9 Å². The zero-order valence-electron chi connectivity index (χ0n) is 14.1. The maximum absolute atomic E-state index is 12.2. The third-order valence-electron chi connectivity index (χ3n) is 4.46. The second-order valence-electron chi connectivity index (χ2n) is 5.89. The Balaban J connectivity index is 1.86. The van der Waals surface area contributed by atoms with Gasteiger partial charge in [0.15, 0.2) is 0 Å². The summed E-state index contributed by atoms with van der Waals surface area (Å²) in [5.74, 6) is 1.27. The Labute approximate surface area is 133 Å². The number of carbonyl (C=O) groups is 1. The summed E-state index contributed by atoms with van der Waals surface area (Å²) in [6, 6.07) is 4.20. The van der Waals surface area contributed by atoms with E-state index in [2.05, 4.69) is 31.3 Å². The highest BCUT2D eigenvalue weighted by Crippen LogP contribution is 2.25. The van der Waals surface area contributed by atoms with Gasteiger partial charge < -0.3 is 15.0 Å². The molecule has 122 valence electrons. The topological polar surface area (TPSA) is 41.6 Å². The second-order valence-corrected chi connectivity index (χ2v) is 5.89. The molecule has 1 aliphatic heterocycles. The molecule has 22 heavy (non-hydrogen) atoms. The van der Waals surface area contributed by atoms with Gasteiger partial charge >= 0.3 is 0 Å². The van der Waals surface area contributed by atoms with Crippen LogP contribution in [-0.4, -0.2) is 43.6 Å². The van der Waals surface area contributed by atoms with Crippen molar-refractivity contribution in [1.29, 1.82) is 0 Å². The number of nitrogens with one attached hydrogen (secondary N) is 1. The number of rotatable bonds is 6. The van der Waals surface area contributed by atoms with Crippen LogP contribution in [0.2, 0.25) is 0 Å². The third kappa shape index (κ3) is 4.23. The summed E-state index contributed by atoms with van der Waals surface area (Å²) in [5, 5.41) is 3.28. The molecule has 0 atom stereocenters. The summed E-state index contributed by atoms with van der Waals surface area (Å²) < 4.78 is 5.63. The molecule has 1 aromatic rings. The molecule has 4 nitrogen and oxygen atoms in total. The summed E-state index contributed by atoms with van der Waals surface area (Å²) in [6.07, 6.45) is 2.51. The molecular formula is C18H28N2O2. The molecule has 1 saturated heterocycles. The molecule has 0 aliphatic carbocycles. The highest BCUT2D eigenvalue weighted by Gasteiger charge is 2.15. The van der Waals surface area contributed by atoms with Crippen LogP contribution in [0, 0.1) is 13.8 Å². The standard InChI is InChI=1S/C18H28N2O2/c1-4-22-17-9-8-16(14(2)15(17)3)6-5-7-18(21)20-12-10-19-11-13-20/h8-9,19H,4-7,10-13H2,1-3H3. The maximum atomic E-state index is 12.2. The molecule has 1 fully saturated rings. The van der Waals surface area contributed by atoms with E-state index in [9.17, 15) is 4.79 Å². The van der Waals surface area contributed by atoms with Crippen LogP contribution in [0.25, 0.3) is 0 Å². The first-order chi connectivity index (χ1) is 10.6. The summed E-state index contributed by atoms with van der Waals surface area (Å²) in [6.45, 7) is 10.5. The van der Waals surface area contributed by atoms with Gasteiger partial charge in [-0.25, -0.2) is 0 Å². The largest absolute Gasteiger partial charge is 0.494 e. The Morgan fingerprint density at radius 3 is 2.64 bits per heavy atom. The highest BCUT2D eigenvalue weighted by molar-refractivity contribution is 5.76. The Morgan fingerprint density at radius 1 is 1.23 bits per heavy atom. The minimum Gasteiger partial charge on any atom is -0.494 e. The number of amides is 1. The number of aryl methyl sites for hydroxylation is 1. The zero-order chi connectivity index (χ0) is 15.9. The minimum absolute atomic E-state index is 0.293. The summed E-state index contributed by atoms with van der Waals surface area (Å²) in [5.41, 5.74) is 3.84. The van der Waals surface area contributed by atoms with Gasteiger partial charge in [0.1, 0.15) is 5.75 Å². The Morgan fingerprint density at radius 2 is 1.95 bits per heavy atom. The van der Waals surface area contributed by atoms with Crippen LogP contribution in [0.5, 0.6) is 5.75 Å². The van der Waals surface area contributed by atoms with E-state index in [1.54, 1.807) is 0 Å². The monoisotopic (exact) mass is 304 g/mol. The average Bonchev–Trinajstić information content (AvgIpc) is 2.55. The van der Waals surface area contributed by atoms with Crippen LogP contribution < -0.4 is 10.1 Å². The van der Waals surface area contributed by atoms with Crippen molar-refractivity contribution in [3.63, 3.8) is 0 Å². The fourth-order valence-electron chi connectivity index (χ4n) is 2.94. The van der Waals surface area contributed by atoms with E-state index in [-0.39, 0.29) is 0 Å². The van der Waals surface area contributed by atoms with E-state index in [1.807, 2.05) is 11.8 Å². The first kappa shape index (κ1) is 16.8. The number of piperazine rings is 1. The van der Waals surface area contributed by atoms with Gasteiger partial charge in [0.2, 0.25) is 5.91 Å². The van der Waals surface area contributed by atoms with Crippen molar-refractivity contribution in [3.8, 4) is 5.75 Å². The lowest BCUT2D eigenvalue weighted by Gasteiger charge is -2.27. The van der Waals surface area contributed by atoms with Crippen LogP contribution in [0.4, 0.5) is 0 Å². The lowest BCUT2D eigenvalue weighted by atomic mass is 9.98. The molecule has 0 bridgehead atoms. The van der Waals surface area contributed by atoms with E-state index in [1.165, 1.54) is 16.7 Å². The maximum Gasteiger partial charge on any atom is 0.222 e. The van der Waals surface area contributed by atoms with Gasteiger partial charge in [-0.15, -0.1) is 0 Å². The molecule has 1 aliphatic rings.